The fraction of sp³-hybridized carbons (Fsp3) is 0.476. The zero-order valence-electron chi connectivity index (χ0n) is 17.7. The molecule has 0 aliphatic carbocycles. The molecule has 1 N–H and O–H groups in total. The molecule has 0 amide bonds. The van der Waals surface area contributed by atoms with Gasteiger partial charge in [-0.2, -0.15) is 4.98 Å². The lowest BCUT2D eigenvalue weighted by Gasteiger charge is -2.35. The van der Waals surface area contributed by atoms with Crippen molar-refractivity contribution in [3.8, 4) is 0 Å². The van der Waals surface area contributed by atoms with E-state index in [9.17, 15) is 14.7 Å². The lowest BCUT2D eigenvalue weighted by molar-refractivity contribution is 0.158. The predicted molar refractivity (Wildman–Crippen MR) is 116 cm³/mol. The number of piperazine rings is 1. The van der Waals surface area contributed by atoms with E-state index in [2.05, 4.69) is 16.7 Å². The highest BCUT2D eigenvalue weighted by Gasteiger charge is 2.26. The first-order valence-corrected chi connectivity index (χ1v) is 10.3. The summed E-state index contributed by atoms with van der Waals surface area (Å²) in [5.74, 6) is 0.619. The van der Waals surface area contributed by atoms with Gasteiger partial charge in [-0.05, 0) is 12.1 Å². The molecule has 1 atom stereocenters. The van der Waals surface area contributed by atoms with Gasteiger partial charge >= 0.3 is 5.69 Å². The largest absolute Gasteiger partial charge is 0.387 e. The lowest BCUT2D eigenvalue weighted by Crippen LogP contribution is -2.47. The third kappa shape index (κ3) is 3.44. The van der Waals surface area contributed by atoms with Gasteiger partial charge in [0.15, 0.2) is 11.2 Å². The number of benzene rings is 1. The Labute approximate surface area is 174 Å². The summed E-state index contributed by atoms with van der Waals surface area (Å²) in [4.78, 5) is 34.6. The number of nitrogens with zero attached hydrogens (tertiary/aromatic N) is 6. The Morgan fingerprint density at radius 3 is 2.33 bits per heavy atom. The Balaban J connectivity index is 1.85. The van der Waals surface area contributed by atoms with Crippen LogP contribution in [0.15, 0.2) is 39.9 Å². The second-order valence-corrected chi connectivity index (χ2v) is 7.75. The average molecular weight is 412 g/mol. The van der Waals surface area contributed by atoms with Crippen LogP contribution in [0, 0.1) is 0 Å². The molecule has 3 heterocycles. The average Bonchev–Trinajstić information content (AvgIpc) is 3.16. The van der Waals surface area contributed by atoms with Crippen LogP contribution in [0.4, 0.5) is 5.95 Å². The summed E-state index contributed by atoms with van der Waals surface area (Å²) in [5, 5.41) is 10.9. The van der Waals surface area contributed by atoms with E-state index in [0.717, 1.165) is 42.9 Å². The van der Waals surface area contributed by atoms with Crippen LogP contribution < -0.4 is 16.1 Å². The number of aliphatic hydroxyl groups excluding tert-OH is 1. The minimum Gasteiger partial charge on any atom is -0.387 e. The zero-order chi connectivity index (χ0) is 21.4. The zero-order valence-corrected chi connectivity index (χ0v) is 17.7. The molecular weight excluding hydrogens is 384 g/mol. The third-order valence-electron chi connectivity index (χ3n) is 5.97. The molecule has 1 aliphatic heterocycles. The molecule has 0 spiro atoms. The molecule has 9 heteroatoms. The van der Waals surface area contributed by atoms with Crippen molar-refractivity contribution < 1.29 is 5.11 Å². The first-order valence-electron chi connectivity index (χ1n) is 10.3. The molecule has 1 aromatic carbocycles. The van der Waals surface area contributed by atoms with Gasteiger partial charge in [0.1, 0.15) is 0 Å². The van der Waals surface area contributed by atoms with Crippen molar-refractivity contribution in [2.45, 2.75) is 19.6 Å². The molecule has 1 saturated heterocycles. The van der Waals surface area contributed by atoms with E-state index in [-0.39, 0.29) is 6.54 Å². The molecule has 0 saturated carbocycles. The molecule has 160 valence electrons. The smallest absolute Gasteiger partial charge is 0.332 e. The molecule has 3 aromatic rings. The summed E-state index contributed by atoms with van der Waals surface area (Å²) in [6.45, 7) is 6.65. The van der Waals surface area contributed by atoms with Crippen LogP contribution in [0.5, 0.6) is 0 Å². The Kier molecular flexibility index (Phi) is 5.48. The number of hydrogen-bond acceptors (Lipinski definition) is 6. The third-order valence-corrected chi connectivity index (χ3v) is 5.97. The SMILES string of the molecule is CCN1CCN(c2nc3c(c(=O)n(C)c(=O)n3C)n2C[C@@H](O)c2ccccc2)CC1. The van der Waals surface area contributed by atoms with Crippen molar-refractivity contribution in [1.29, 1.82) is 0 Å². The number of rotatable bonds is 5. The number of aryl methyl sites for hydroxylation is 1. The number of fused-ring (bicyclic) bond motifs is 1. The van der Waals surface area contributed by atoms with Gasteiger partial charge in [-0.3, -0.25) is 13.9 Å². The van der Waals surface area contributed by atoms with Crippen LogP contribution in [0.1, 0.15) is 18.6 Å². The van der Waals surface area contributed by atoms with E-state index in [1.54, 1.807) is 11.6 Å². The number of anilines is 1. The van der Waals surface area contributed by atoms with Gasteiger partial charge in [0.25, 0.3) is 5.56 Å². The maximum atomic E-state index is 13.0. The molecule has 0 radical (unpaired) electrons. The van der Waals surface area contributed by atoms with Crippen molar-refractivity contribution >= 4 is 17.1 Å². The van der Waals surface area contributed by atoms with Crippen molar-refractivity contribution in [1.82, 2.24) is 23.6 Å². The minimum absolute atomic E-state index is 0.178. The maximum absolute atomic E-state index is 13.0. The summed E-state index contributed by atoms with van der Waals surface area (Å²) in [6, 6.07) is 9.36. The van der Waals surface area contributed by atoms with Gasteiger partial charge in [-0.25, -0.2) is 4.79 Å². The standard InChI is InChI=1S/C21H28N6O3/c1-4-25-10-12-26(13-11-25)20-22-18-17(19(29)24(3)21(30)23(18)2)27(20)14-16(28)15-8-6-5-7-9-15/h5-9,16,28H,4,10-14H2,1-3H3/t16-/m1/s1. The van der Waals surface area contributed by atoms with E-state index in [0.29, 0.717) is 17.1 Å². The number of aliphatic hydroxyl groups is 1. The van der Waals surface area contributed by atoms with Crippen molar-refractivity contribution in [2.24, 2.45) is 14.1 Å². The fourth-order valence-corrected chi connectivity index (χ4v) is 4.07. The van der Waals surface area contributed by atoms with Crippen molar-refractivity contribution in [2.75, 3.05) is 37.6 Å². The molecule has 1 fully saturated rings. The molecular formula is C21H28N6O3. The van der Waals surface area contributed by atoms with Crippen molar-refractivity contribution in [3.05, 3.63) is 56.7 Å². The molecule has 0 unspecified atom stereocenters. The van der Waals surface area contributed by atoms with E-state index < -0.39 is 17.4 Å². The fourth-order valence-electron chi connectivity index (χ4n) is 4.07. The topological polar surface area (TPSA) is 88.5 Å². The number of imidazole rings is 1. The second kappa shape index (κ2) is 8.08. The summed E-state index contributed by atoms with van der Waals surface area (Å²) < 4.78 is 4.26. The van der Waals surface area contributed by atoms with Gasteiger partial charge in [0, 0.05) is 40.3 Å². The number of aromatic nitrogens is 4. The quantitative estimate of drug-likeness (QED) is 0.649. The van der Waals surface area contributed by atoms with Crippen LogP contribution >= 0.6 is 0 Å². The van der Waals surface area contributed by atoms with Crippen molar-refractivity contribution in [3.63, 3.8) is 0 Å². The van der Waals surface area contributed by atoms with E-state index in [1.165, 1.54) is 11.6 Å². The van der Waals surface area contributed by atoms with E-state index in [4.69, 9.17) is 4.98 Å². The normalized spacial score (nSPS) is 16.3. The second-order valence-electron chi connectivity index (χ2n) is 7.75. The van der Waals surface area contributed by atoms with Crippen LogP contribution in [-0.2, 0) is 20.6 Å². The maximum Gasteiger partial charge on any atom is 0.332 e. The first kappa shape index (κ1) is 20.4. The summed E-state index contributed by atoms with van der Waals surface area (Å²) in [6.07, 6.45) is -0.804. The summed E-state index contributed by atoms with van der Waals surface area (Å²) in [7, 11) is 3.09. The minimum atomic E-state index is -0.804. The monoisotopic (exact) mass is 412 g/mol. The van der Waals surface area contributed by atoms with Gasteiger partial charge in [-0.15, -0.1) is 0 Å². The first-order chi connectivity index (χ1) is 14.4. The Bertz CT molecular complexity index is 1160. The van der Waals surface area contributed by atoms with E-state index >= 15 is 0 Å². The van der Waals surface area contributed by atoms with Gasteiger partial charge in [-0.1, -0.05) is 37.3 Å². The highest BCUT2D eigenvalue weighted by Crippen LogP contribution is 2.25. The van der Waals surface area contributed by atoms with Gasteiger partial charge in [0.2, 0.25) is 5.95 Å². The Hall–Kier alpha value is -2.91. The molecule has 30 heavy (non-hydrogen) atoms. The van der Waals surface area contributed by atoms with Crippen LogP contribution in [0.2, 0.25) is 0 Å². The number of hydrogen-bond donors (Lipinski definition) is 1. The summed E-state index contributed by atoms with van der Waals surface area (Å²) in [5.41, 5.74) is 0.629. The van der Waals surface area contributed by atoms with Gasteiger partial charge in [0.05, 0.1) is 12.6 Å². The van der Waals surface area contributed by atoms with Crippen LogP contribution in [0.3, 0.4) is 0 Å². The lowest BCUT2D eigenvalue weighted by atomic mass is 10.1. The molecule has 0 bridgehead atoms. The van der Waals surface area contributed by atoms with E-state index in [1.807, 2.05) is 30.3 Å². The Morgan fingerprint density at radius 1 is 1.03 bits per heavy atom. The van der Waals surface area contributed by atoms with Crippen LogP contribution in [-0.4, -0.2) is 61.4 Å². The predicted octanol–water partition coefficient (Wildman–Crippen LogP) is 0.309. The van der Waals surface area contributed by atoms with Crippen LogP contribution in [0.25, 0.3) is 11.2 Å². The highest BCUT2D eigenvalue weighted by atomic mass is 16.3. The molecule has 1 aliphatic rings. The number of likely N-dealkylation sites (N-methyl/N-ethyl adjacent to an activating group) is 1. The van der Waals surface area contributed by atoms with Gasteiger partial charge < -0.3 is 19.5 Å². The molecule has 4 rings (SSSR count). The molecule has 9 nitrogen and oxygen atoms in total. The highest BCUT2D eigenvalue weighted by molar-refractivity contribution is 5.74. The Morgan fingerprint density at radius 2 is 1.70 bits per heavy atom. The summed E-state index contributed by atoms with van der Waals surface area (Å²) >= 11 is 0. The molecule has 2 aromatic heterocycles.